The minimum atomic E-state index is -3.83. The standard InChI is InChI=1S/C23H32BrNO4SSi/c1-8-15-25(30(26,27)22-13-10-19(24)11-14-22)20(16-21-12-9-18(2)29-21)17-28-31(6,7)23(3,4)5/h1,9-14,20H,15-17H2,2-7H3/t20-/m1/s1. The maximum absolute atomic E-state index is 13.5. The van der Waals surface area contributed by atoms with Crippen LogP contribution in [0.1, 0.15) is 32.3 Å². The van der Waals surface area contributed by atoms with Crippen molar-refractivity contribution >= 4 is 34.3 Å². The number of rotatable bonds is 9. The molecule has 1 aromatic heterocycles. The van der Waals surface area contributed by atoms with Crippen LogP contribution in [0.3, 0.4) is 0 Å². The average molecular weight is 527 g/mol. The Morgan fingerprint density at radius 3 is 2.29 bits per heavy atom. The van der Waals surface area contributed by atoms with Crippen molar-refractivity contribution < 1.29 is 17.3 Å². The van der Waals surface area contributed by atoms with Crippen molar-refractivity contribution in [1.82, 2.24) is 4.31 Å². The summed E-state index contributed by atoms with van der Waals surface area (Å²) in [4.78, 5) is 0.193. The highest BCUT2D eigenvalue weighted by Crippen LogP contribution is 2.37. The zero-order chi connectivity index (χ0) is 23.4. The van der Waals surface area contributed by atoms with Gasteiger partial charge in [0.2, 0.25) is 10.0 Å². The molecule has 0 aliphatic carbocycles. The van der Waals surface area contributed by atoms with Crippen molar-refractivity contribution in [1.29, 1.82) is 0 Å². The number of hydrogen-bond acceptors (Lipinski definition) is 4. The van der Waals surface area contributed by atoms with Crippen molar-refractivity contribution in [3.8, 4) is 12.3 Å². The van der Waals surface area contributed by atoms with Gasteiger partial charge < -0.3 is 8.84 Å². The van der Waals surface area contributed by atoms with Crippen LogP contribution in [0, 0.1) is 19.3 Å². The third-order valence-electron chi connectivity index (χ3n) is 5.75. The normalized spacial score (nSPS) is 13.9. The molecule has 2 aromatic rings. The Balaban J connectivity index is 2.43. The van der Waals surface area contributed by atoms with E-state index < -0.39 is 24.4 Å². The molecule has 0 unspecified atom stereocenters. The molecule has 8 heteroatoms. The third kappa shape index (κ3) is 6.56. The van der Waals surface area contributed by atoms with Gasteiger partial charge in [-0.05, 0) is 61.5 Å². The van der Waals surface area contributed by atoms with Crippen LogP contribution in [-0.4, -0.2) is 40.2 Å². The molecule has 1 heterocycles. The topological polar surface area (TPSA) is 59.8 Å². The number of nitrogens with zero attached hydrogens (tertiary/aromatic N) is 1. The van der Waals surface area contributed by atoms with Gasteiger partial charge in [-0.2, -0.15) is 4.31 Å². The number of aryl methyl sites for hydroxylation is 1. The van der Waals surface area contributed by atoms with Crippen LogP contribution in [-0.2, 0) is 20.9 Å². The van der Waals surface area contributed by atoms with E-state index in [0.29, 0.717) is 12.2 Å². The van der Waals surface area contributed by atoms with E-state index in [1.165, 1.54) is 4.31 Å². The maximum atomic E-state index is 13.5. The molecule has 0 N–H and O–H groups in total. The van der Waals surface area contributed by atoms with Crippen LogP contribution in [0.5, 0.6) is 0 Å². The molecular formula is C23H32BrNO4SSi. The largest absolute Gasteiger partial charge is 0.466 e. The lowest BCUT2D eigenvalue weighted by molar-refractivity contribution is 0.192. The second-order valence-corrected chi connectivity index (χ2v) is 16.8. The Morgan fingerprint density at radius 2 is 1.81 bits per heavy atom. The first-order valence-corrected chi connectivity index (χ1v) is 15.3. The highest BCUT2D eigenvalue weighted by atomic mass is 79.9. The summed E-state index contributed by atoms with van der Waals surface area (Å²) in [7, 11) is -5.94. The van der Waals surface area contributed by atoms with Crippen molar-refractivity contribution in [2.24, 2.45) is 0 Å². The van der Waals surface area contributed by atoms with Crippen LogP contribution in [0.25, 0.3) is 0 Å². The first-order valence-electron chi connectivity index (χ1n) is 10.2. The molecule has 1 atom stereocenters. The van der Waals surface area contributed by atoms with E-state index in [1.807, 2.05) is 19.1 Å². The average Bonchev–Trinajstić information content (AvgIpc) is 3.07. The number of furan rings is 1. The quantitative estimate of drug-likeness (QED) is 0.315. The summed E-state index contributed by atoms with van der Waals surface area (Å²) in [5.41, 5.74) is 0. The molecule has 0 fully saturated rings. The number of halogens is 1. The van der Waals surface area contributed by atoms with Gasteiger partial charge in [-0.15, -0.1) is 6.42 Å². The zero-order valence-corrected chi connectivity index (χ0v) is 22.5. The molecule has 31 heavy (non-hydrogen) atoms. The molecule has 2 rings (SSSR count). The number of sulfonamides is 1. The van der Waals surface area contributed by atoms with E-state index in [9.17, 15) is 8.42 Å². The summed E-state index contributed by atoms with van der Waals surface area (Å²) < 4.78 is 41.4. The maximum Gasteiger partial charge on any atom is 0.244 e. The van der Waals surface area contributed by atoms with E-state index in [1.54, 1.807) is 24.3 Å². The minimum absolute atomic E-state index is 0.000347. The van der Waals surface area contributed by atoms with Crippen LogP contribution >= 0.6 is 15.9 Å². The molecule has 0 radical (unpaired) electrons. The zero-order valence-electron chi connectivity index (χ0n) is 19.1. The molecule has 0 bridgehead atoms. The van der Waals surface area contributed by atoms with Crippen molar-refractivity contribution in [3.63, 3.8) is 0 Å². The lowest BCUT2D eigenvalue weighted by Gasteiger charge is -2.38. The van der Waals surface area contributed by atoms with Crippen LogP contribution in [0.4, 0.5) is 0 Å². The van der Waals surface area contributed by atoms with E-state index in [0.717, 1.165) is 10.2 Å². The Labute approximate surface area is 196 Å². The van der Waals surface area contributed by atoms with Gasteiger partial charge in [0.1, 0.15) is 11.5 Å². The highest BCUT2D eigenvalue weighted by Gasteiger charge is 2.39. The predicted molar refractivity (Wildman–Crippen MR) is 131 cm³/mol. The molecule has 0 aliphatic rings. The lowest BCUT2D eigenvalue weighted by Crippen LogP contribution is -2.49. The molecule has 0 amide bonds. The summed E-state index contributed by atoms with van der Waals surface area (Å²) in [5.74, 6) is 4.00. The second kappa shape index (κ2) is 10.0. The number of terminal acetylenes is 1. The van der Waals surface area contributed by atoms with E-state index >= 15 is 0 Å². The van der Waals surface area contributed by atoms with Gasteiger partial charge in [-0.1, -0.05) is 42.6 Å². The number of hydrogen-bond donors (Lipinski definition) is 0. The molecule has 0 saturated heterocycles. The monoisotopic (exact) mass is 525 g/mol. The fraction of sp³-hybridized carbons (Fsp3) is 0.478. The summed E-state index contributed by atoms with van der Waals surface area (Å²) in [6, 6.07) is 9.81. The van der Waals surface area contributed by atoms with Gasteiger partial charge in [-0.25, -0.2) is 8.42 Å². The van der Waals surface area contributed by atoms with Gasteiger partial charge in [0, 0.05) is 10.9 Å². The summed E-state index contributed by atoms with van der Waals surface area (Å²) in [6.07, 6.45) is 5.97. The molecular weight excluding hydrogens is 494 g/mol. The van der Waals surface area contributed by atoms with Gasteiger partial charge in [-0.3, -0.25) is 0 Å². The molecule has 0 saturated carbocycles. The molecule has 5 nitrogen and oxygen atoms in total. The minimum Gasteiger partial charge on any atom is -0.466 e. The van der Waals surface area contributed by atoms with Gasteiger partial charge in [0.05, 0.1) is 24.1 Å². The first kappa shape index (κ1) is 25.9. The molecule has 1 aromatic carbocycles. The van der Waals surface area contributed by atoms with Crippen LogP contribution < -0.4 is 0 Å². The molecule has 0 aliphatic heterocycles. The molecule has 170 valence electrons. The lowest BCUT2D eigenvalue weighted by atomic mass is 10.2. The SMILES string of the molecule is C#CCN([C@@H](CO[Si](C)(C)C(C)(C)C)Cc1ccc(C)o1)S(=O)(=O)c1ccc(Br)cc1. The van der Waals surface area contributed by atoms with E-state index in [-0.39, 0.29) is 23.1 Å². The Bertz CT molecular complexity index is 1020. The van der Waals surface area contributed by atoms with Crippen molar-refractivity contribution in [3.05, 3.63) is 52.4 Å². The molecule has 0 spiro atoms. The second-order valence-electron chi connectivity index (χ2n) is 9.15. The van der Waals surface area contributed by atoms with Crippen LogP contribution in [0.2, 0.25) is 18.1 Å². The fourth-order valence-corrected chi connectivity index (χ4v) is 5.66. The van der Waals surface area contributed by atoms with Crippen molar-refractivity contribution in [2.45, 2.75) is 63.2 Å². The van der Waals surface area contributed by atoms with E-state index in [4.69, 9.17) is 15.3 Å². The fourth-order valence-electron chi connectivity index (χ4n) is 2.83. The summed E-state index contributed by atoms with van der Waals surface area (Å²) in [5, 5.41) is 0.000347. The third-order valence-corrected chi connectivity index (χ3v) is 12.7. The Kier molecular flexibility index (Phi) is 8.39. The Morgan fingerprint density at radius 1 is 1.19 bits per heavy atom. The van der Waals surface area contributed by atoms with Crippen molar-refractivity contribution in [2.75, 3.05) is 13.2 Å². The first-order chi connectivity index (χ1) is 14.3. The number of benzene rings is 1. The van der Waals surface area contributed by atoms with Gasteiger partial charge in [0.25, 0.3) is 0 Å². The van der Waals surface area contributed by atoms with Gasteiger partial charge in [0.15, 0.2) is 8.32 Å². The van der Waals surface area contributed by atoms with Crippen LogP contribution in [0.15, 0.2) is 50.2 Å². The summed E-state index contributed by atoms with van der Waals surface area (Å²) >= 11 is 3.35. The van der Waals surface area contributed by atoms with E-state index in [2.05, 4.69) is 55.7 Å². The predicted octanol–water partition coefficient (Wildman–Crippen LogP) is 5.61. The van der Waals surface area contributed by atoms with Gasteiger partial charge >= 0.3 is 0 Å². The smallest absolute Gasteiger partial charge is 0.244 e. The summed E-state index contributed by atoms with van der Waals surface area (Å²) in [6.45, 7) is 12.8. The highest BCUT2D eigenvalue weighted by molar-refractivity contribution is 9.10. The Hall–Kier alpha value is -1.37.